The summed E-state index contributed by atoms with van der Waals surface area (Å²) in [5.74, 6) is -0.449. The van der Waals surface area contributed by atoms with E-state index >= 15 is 0 Å². The van der Waals surface area contributed by atoms with Crippen LogP contribution in [0.5, 0.6) is 0 Å². The second-order valence-electron chi connectivity index (χ2n) is 5.14. The van der Waals surface area contributed by atoms with Crippen LogP contribution in [0.2, 0.25) is 0 Å². The molecule has 0 aliphatic carbocycles. The van der Waals surface area contributed by atoms with E-state index in [4.69, 9.17) is 10.5 Å². The molecule has 0 aliphatic rings. The predicted molar refractivity (Wildman–Crippen MR) is 76.5 cm³/mol. The van der Waals surface area contributed by atoms with Crippen molar-refractivity contribution in [3.63, 3.8) is 0 Å². The topological polar surface area (TPSA) is 52.3 Å². The lowest BCUT2D eigenvalue weighted by molar-refractivity contribution is -0.151. The Bertz CT molecular complexity index is 432. The van der Waals surface area contributed by atoms with Gasteiger partial charge in [-0.15, -0.1) is 11.8 Å². The van der Waals surface area contributed by atoms with E-state index < -0.39 is 5.60 Å². The number of esters is 1. The molecule has 1 rings (SSSR count). The fourth-order valence-electron chi connectivity index (χ4n) is 1.56. The molecule has 106 valence electrons. The van der Waals surface area contributed by atoms with Crippen molar-refractivity contribution in [2.24, 2.45) is 5.73 Å². The van der Waals surface area contributed by atoms with Gasteiger partial charge in [0, 0.05) is 17.4 Å². The number of hydrogen-bond donors (Lipinski definition) is 1. The van der Waals surface area contributed by atoms with Crippen LogP contribution < -0.4 is 5.73 Å². The van der Waals surface area contributed by atoms with Gasteiger partial charge in [0.1, 0.15) is 11.4 Å². The van der Waals surface area contributed by atoms with Gasteiger partial charge in [0.25, 0.3) is 0 Å². The van der Waals surface area contributed by atoms with E-state index in [-0.39, 0.29) is 29.3 Å². The van der Waals surface area contributed by atoms with Gasteiger partial charge >= 0.3 is 5.97 Å². The summed E-state index contributed by atoms with van der Waals surface area (Å²) in [5.41, 5.74) is 5.67. The number of carbonyl (C=O) groups is 1. The van der Waals surface area contributed by atoms with Gasteiger partial charge in [-0.1, -0.05) is 18.2 Å². The summed E-state index contributed by atoms with van der Waals surface area (Å²) in [6.45, 7) is 5.71. The first-order valence-corrected chi connectivity index (χ1v) is 7.16. The predicted octanol–water partition coefficient (Wildman–Crippen LogP) is 2.90. The lowest BCUT2D eigenvalue weighted by Crippen LogP contribution is -2.25. The Morgan fingerprint density at radius 3 is 2.58 bits per heavy atom. The van der Waals surface area contributed by atoms with E-state index in [1.54, 1.807) is 18.2 Å². The molecule has 0 bridgehead atoms. The molecule has 0 spiro atoms. The van der Waals surface area contributed by atoms with E-state index in [2.05, 4.69) is 0 Å². The van der Waals surface area contributed by atoms with Crippen molar-refractivity contribution in [2.75, 3.05) is 12.3 Å². The Labute approximate surface area is 117 Å². The van der Waals surface area contributed by atoms with Crippen molar-refractivity contribution < 1.29 is 13.9 Å². The maximum atomic E-state index is 13.6. The van der Waals surface area contributed by atoms with Gasteiger partial charge in [-0.25, -0.2) is 4.39 Å². The Morgan fingerprint density at radius 2 is 2.05 bits per heavy atom. The summed E-state index contributed by atoms with van der Waals surface area (Å²) in [5, 5.41) is -0.242. The molecule has 0 amide bonds. The Hall–Kier alpha value is -1.07. The lowest BCUT2D eigenvalue weighted by Gasteiger charge is -2.20. The summed E-state index contributed by atoms with van der Waals surface area (Å²) in [7, 11) is 0. The van der Waals surface area contributed by atoms with Crippen LogP contribution in [0, 0.1) is 5.82 Å². The molecule has 2 N–H and O–H groups in total. The zero-order valence-corrected chi connectivity index (χ0v) is 12.3. The highest BCUT2D eigenvalue weighted by Crippen LogP contribution is 2.29. The number of carbonyl (C=O) groups excluding carboxylic acids is 1. The van der Waals surface area contributed by atoms with Gasteiger partial charge in [0.15, 0.2) is 0 Å². The van der Waals surface area contributed by atoms with Crippen molar-refractivity contribution in [3.05, 3.63) is 35.6 Å². The molecule has 0 saturated heterocycles. The fourth-order valence-corrected chi connectivity index (χ4v) is 2.46. The number of halogens is 1. The van der Waals surface area contributed by atoms with Crippen molar-refractivity contribution in [1.29, 1.82) is 0 Å². The molecule has 0 fully saturated rings. The third kappa shape index (κ3) is 5.61. The SMILES string of the molecule is CC(C)(C)OC(=O)CSC(CN)c1ccccc1F. The molecule has 5 heteroatoms. The van der Waals surface area contributed by atoms with Crippen molar-refractivity contribution in [2.45, 2.75) is 31.6 Å². The highest BCUT2D eigenvalue weighted by atomic mass is 32.2. The van der Waals surface area contributed by atoms with E-state index in [1.807, 2.05) is 20.8 Å². The molecule has 1 aromatic carbocycles. The number of thioether (sulfide) groups is 1. The molecule has 0 radical (unpaired) electrons. The Morgan fingerprint density at radius 1 is 1.42 bits per heavy atom. The fraction of sp³-hybridized carbons (Fsp3) is 0.500. The second kappa shape index (κ2) is 6.91. The van der Waals surface area contributed by atoms with Crippen LogP contribution in [-0.4, -0.2) is 23.9 Å². The smallest absolute Gasteiger partial charge is 0.316 e. The summed E-state index contributed by atoms with van der Waals surface area (Å²) in [4.78, 5) is 11.6. The monoisotopic (exact) mass is 285 g/mol. The average molecular weight is 285 g/mol. The minimum Gasteiger partial charge on any atom is -0.459 e. The van der Waals surface area contributed by atoms with E-state index in [0.717, 1.165) is 0 Å². The molecule has 0 aromatic heterocycles. The van der Waals surface area contributed by atoms with Crippen LogP contribution in [0.3, 0.4) is 0 Å². The summed E-state index contributed by atoms with van der Waals surface area (Å²) < 4.78 is 18.8. The van der Waals surface area contributed by atoms with Crippen LogP contribution in [0.4, 0.5) is 4.39 Å². The molecule has 1 atom stereocenters. The maximum Gasteiger partial charge on any atom is 0.316 e. The zero-order valence-electron chi connectivity index (χ0n) is 11.5. The summed E-state index contributed by atoms with van der Waals surface area (Å²) in [6.07, 6.45) is 0. The molecule has 19 heavy (non-hydrogen) atoms. The Kier molecular flexibility index (Phi) is 5.82. The van der Waals surface area contributed by atoms with Crippen LogP contribution in [0.25, 0.3) is 0 Å². The van der Waals surface area contributed by atoms with Crippen LogP contribution >= 0.6 is 11.8 Å². The third-order valence-electron chi connectivity index (χ3n) is 2.29. The van der Waals surface area contributed by atoms with Crippen LogP contribution in [0.1, 0.15) is 31.6 Å². The van der Waals surface area contributed by atoms with Gasteiger partial charge in [0.2, 0.25) is 0 Å². The summed E-state index contributed by atoms with van der Waals surface area (Å²) >= 11 is 1.30. The Balaban J connectivity index is 2.59. The molecule has 0 aliphatic heterocycles. The first-order valence-electron chi connectivity index (χ1n) is 6.11. The molecule has 1 unspecified atom stereocenters. The van der Waals surface area contributed by atoms with Gasteiger partial charge in [-0.2, -0.15) is 0 Å². The van der Waals surface area contributed by atoms with E-state index in [1.165, 1.54) is 17.8 Å². The highest BCUT2D eigenvalue weighted by molar-refractivity contribution is 8.00. The number of nitrogens with two attached hydrogens (primary N) is 1. The highest BCUT2D eigenvalue weighted by Gasteiger charge is 2.20. The van der Waals surface area contributed by atoms with E-state index in [9.17, 15) is 9.18 Å². The number of rotatable bonds is 5. The maximum absolute atomic E-state index is 13.6. The van der Waals surface area contributed by atoms with Crippen molar-refractivity contribution in [3.8, 4) is 0 Å². The summed E-state index contributed by atoms with van der Waals surface area (Å²) in [6, 6.07) is 6.47. The van der Waals surface area contributed by atoms with E-state index in [0.29, 0.717) is 5.56 Å². The van der Waals surface area contributed by atoms with Crippen molar-refractivity contribution in [1.82, 2.24) is 0 Å². The second-order valence-corrected chi connectivity index (χ2v) is 6.33. The molecular weight excluding hydrogens is 265 g/mol. The molecule has 1 aromatic rings. The van der Waals surface area contributed by atoms with Crippen LogP contribution in [-0.2, 0) is 9.53 Å². The first-order chi connectivity index (χ1) is 8.83. The molecular formula is C14H20FNO2S. The number of hydrogen-bond acceptors (Lipinski definition) is 4. The number of ether oxygens (including phenoxy) is 1. The van der Waals surface area contributed by atoms with Gasteiger partial charge in [0.05, 0.1) is 5.75 Å². The normalized spacial score (nSPS) is 13.1. The largest absolute Gasteiger partial charge is 0.459 e. The zero-order chi connectivity index (χ0) is 14.5. The first kappa shape index (κ1) is 16.0. The molecule has 3 nitrogen and oxygen atoms in total. The van der Waals surface area contributed by atoms with Gasteiger partial charge < -0.3 is 10.5 Å². The minimum absolute atomic E-state index is 0.160. The lowest BCUT2D eigenvalue weighted by atomic mass is 10.1. The van der Waals surface area contributed by atoms with Gasteiger partial charge in [-0.05, 0) is 26.8 Å². The molecule has 0 heterocycles. The minimum atomic E-state index is -0.506. The quantitative estimate of drug-likeness (QED) is 0.845. The van der Waals surface area contributed by atoms with Crippen molar-refractivity contribution >= 4 is 17.7 Å². The van der Waals surface area contributed by atoms with Gasteiger partial charge in [-0.3, -0.25) is 4.79 Å². The van der Waals surface area contributed by atoms with Crippen LogP contribution in [0.15, 0.2) is 24.3 Å². The molecule has 0 saturated carbocycles. The number of benzene rings is 1. The average Bonchev–Trinajstić information content (AvgIpc) is 2.29. The third-order valence-corrected chi connectivity index (χ3v) is 3.54. The standard InChI is InChI=1S/C14H20FNO2S/c1-14(2,3)18-13(17)9-19-12(8-16)10-6-4-5-7-11(10)15/h4-7,12H,8-9,16H2,1-3H3.